The average molecular weight is 293 g/mol. The maximum atomic E-state index is 11.2. The molecule has 0 spiro atoms. The molecule has 21 heavy (non-hydrogen) atoms. The number of benzene rings is 1. The first-order chi connectivity index (χ1) is 10.0. The molecule has 1 saturated heterocycles. The van der Waals surface area contributed by atoms with Crippen LogP contribution in [0.3, 0.4) is 0 Å². The Morgan fingerprint density at radius 2 is 2.00 bits per heavy atom. The number of nitrogens with zero attached hydrogens (tertiary/aromatic N) is 1. The van der Waals surface area contributed by atoms with Crippen molar-refractivity contribution in [3.8, 4) is 11.5 Å². The summed E-state index contributed by atoms with van der Waals surface area (Å²) in [5.41, 5.74) is -0.622. The molecule has 2 rings (SSSR count). The SMILES string of the molecule is CCOc1ccccc1OCCN1CCC(C)(C(=O)O)C1. The first kappa shape index (κ1) is 15.6. The minimum Gasteiger partial charge on any atom is -0.490 e. The summed E-state index contributed by atoms with van der Waals surface area (Å²) >= 11 is 0. The van der Waals surface area contributed by atoms with Gasteiger partial charge in [0.15, 0.2) is 11.5 Å². The largest absolute Gasteiger partial charge is 0.490 e. The predicted octanol–water partition coefficient (Wildman–Crippen LogP) is 2.26. The van der Waals surface area contributed by atoms with Crippen LogP contribution in [0.5, 0.6) is 11.5 Å². The molecule has 0 amide bonds. The third-order valence-corrected chi connectivity index (χ3v) is 3.88. The van der Waals surface area contributed by atoms with Gasteiger partial charge in [0.05, 0.1) is 12.0 Å². The van der Waals surface area contributed by atoms with Crippen molar-refractivity contribution < 1.29 is 19.4 Å². The van der Waals surface area contributed by atoms with Crippen molar-refractivity contribution in [2.24, 2.45) is 5.41 Å². The molecular weight excluding hydrogens is 270 g/mol. The number of carboxylic acid groups (broad SMARTS) is 1. The zero-order valence-electron chi connectivity index (χ0n) is 12.7. The van der Waals surface area contributed by atoms with E-state index in [0.29, 0.717) is 26.2 Å². The minimum absolute atomic E-state index is 0.528. The van der Waals surface area contributed by atoms with Gasteiger partial charge in [-0.15, -0.1) is 0 Å². The third-order valence-electron chi connectivity index (χ3n) is 3.88. The van der Waals surface area contributed by atoms with Crippen molar-refractivity contribution in [3.63, 3.8) is 0 Å². The highest BCUT2D eigenvalue weighted by Gasteiger charge is 2.40. The molecule has 1 aliphatic heterocycles. The normalized spacial score (nSPS) is 22.2. The van der Waals surface area contributed by atoms with Crippen molar-refractivity contribution >= 4 is 5.97 Å². The van der Waals surface area contributed by atoms with Crippen LogP contribution in [0.4, 0.5) is 0 Å². The molecule has 0 saturated carbocycles. The van der Waals surface area contributed by atoms with Crippen LogP contribution in [0, 0.1) is 5.41 Å². The van der Waals surface area contributed by atoms with Crippen LogP contribution in [-0.4, -0.2) is 48.8 Å². The van der Waals surface area contributed by atoms with E-state index in [1.165, 1.54) is 0 Å². The van der Waals surface area contributed by atoms with Crippen LogP contribution in [0.25, 0.3) is 0 Å². The molecule has 0 aromatic heterocycles. The molecule has 0 bridgehead atoms. The van der Waals surface area contributed by atoms with E-state index in [0.717, 1.165) is 24.6 Å². The average Bonchev–Trinajstić information content (AvgIpc) is 2.84. The summed E-state index contributed by atoms with van der Waals surface area (Å²) in [4.78, 5) is 13.3. The molecule has 5 nitrogen and oxygen atoms in total. The monoisotopic (exact) mass is 293 g/mol. The Bertz CT molecular complexity index is 491. The summed E-state index contributed by atoms with van der Waals surface area (Å²) in [5, 5.41) is 9.21. The predicted molar refractivity (Wildman–Crippen MR) is 79.9 cm³/mol. The van der Waals surface area contributed by atoms with E-state index in [1.54, 1.807) is 6.92 Å². The fraction of sp³-hybridized carbons (Fsp3) is 0.562. The van der Waals surface area contributed by atoms with Crippen LogP contribution >= 0.6 is 0 Å². The zero-order valence-corrected chi connectivity index (χ0v) is 12.7. The Hall–Kier alpha value is -1.75. The second-order valence-electron chi connectivity index (χ2n) is 5.62. The van der Waals surface area contributed by atoms with Gasteiger partial charge in [-0.1, -0.05) is 12.1 Å². The molecule has 1 atom stereocenters. The standard InChI is InChI=1S/C16H23NO4/c1-3-20-13-6-4-5-7-14(13)21-11-10-17-9-8-16(2,12-17)15(18)19/h4-7H,3,8-12H2,1-2H3,(H,18,19). The topological polar surface area (TPSA) is 59.0 Å². The summed E-state index contributed by atoms with van der Waals surface area (Å²) in [6, 6.07) is 7.60. The van der Waals surface area contributed by atoms with Gasteiger partial charge >= 0.3 is 5.97 Å². The highest BCUT2D eigenvalue weighted by atomic mass is 16.5. The summed E-state index contributed by atoms with van der Waals surface area (Å²) < 4.78 is 11.3. The number of hydrogen-bond donors (Lipinski definition) is 1. The first-order valence-electron chi connectivity index (χ1n) is 7.35. The van der Waals surface area contributed by atoms with E-state index >= 15 is 0 Å². The van der Waals surface area contributed by atoms with E-state index in [2.05, 4.69) is 4.90 Å². The minimum atomic E-state index is -0.715. The molecule has 0 radical (unpaired) electrons. The number of likely N-dealkylation sites (tertiary alicyclic amines) is 1. The summed E-state index contributed by atoms with van der Waals surface area (Å²) in [5.74, 6) is 0.768. The molecule has 1 aromatic carbocycles. The van der Waals surface area contributed by atoms with Crippen molar-refractivity contribution in [1.82, 2.24) is 4.90 Å². The number of ether oxygens (including phenoxy) is 2. The second-order valence-corrected chi connectivity index (χ2v) is 5.62. The Balaban J connectivity index is 1.82. The summed E-state index contributed by atoms with van der Waals surface area (Å²) in [6.45, 7) is 6.99. The second kappa shape index (κ2) is 6.80. The van der Waals surface area contributed by atoms with Crippen molar-refractivity contribution in [3.05, 3.63) is 24.3 Å². The number of carboxylic acids is 1. The maximum Gasteiger partial charge on any atom is 0.310 e. The van der Waals surface area contributed by atoms with Crippen LogP contribution in [0.15, 0.2) is 24.3 Å². The third kappa shape index (κ3) is 3.88. The van der Waals surface area contributed by atoms with Gasteiger partial charge in [-0.25, -0.2) is 0 Å². The quantitative estimate of drug-likeness (QED) is 0.835. The van der Waals surface area contributed by atoms with Gasteiger partial charge in [0, 0.05) is 13.1 Å². The Morgan fingerprint density at radius 3 is 2.57 bits per heavy atom. The van der Waals surface area contributed by atoms with Gasteiger partial charge in [-0.2, -0.15) is 0 Å². The fourth-order valence-electron chi connectivity index (χ4n) is 2.55. The van der Waals surface area contributed by atoms with Crippen molar-refractivity contribution in [2.45, 2.75) is 20.3 Å². The van der Waals surface area contributed by atoms with E-state index in [-0.39, 0.29) is 0 Å². The fourth-order valence-corrected chi connectivity index (χ4v) is 2.55. The lowest BCUT2D eigenvalue weighted by molar-refractivity contribution is -0.147. The van der Waals surface area contributed by atoms with Crippen LogP contribution in [-0.2, 0) is 4.79 Å². The lowest BCUT2D eigenvalue weighted by Crippen LogP contribution is -2.33. The highest BCUT2D eigenvalue weighted by molar-refractivity contribution is 5.74. The molecule has 116 valence electrons. The molecular formula is C16H23NO4. The first-order valence-corrected chi connectivity index (χ1v) is 7.35. The molecule has 1 fully saturated rings. The van der Waals surface area contributed by atoms with Gasteiger partial charge in [0.25, 0.3) is 0 Å². The number of para-hydroxylation sites is 2. The van der Waals surface area contributed by atoms with Gasteiger partial charge in [0.1, 0.15) is 6.61 Å². The summed E-state index contributed by atoms with van der Waals surface area (Å²) in [7, 11) is 0. The lowest BCUT2D eigenvalue weighted by atomic mass is 9.90. The maximum absolute atomic E-state index is 11.2. The van der Waals surface area contributed by atoms with Crippen LogP contribution in [0.1, 0.15) is 20.3 Å². The van der Waals surface area contributed by atoms with Gasteiger partial charge in [-0.3, -0.25) is 9.69 Å². The van der Waals surface area contributed by atoms with Crippen LogP contribution < -0.4 is 9.47 Å². The Morgan fingerprint density at radius 1 is 1.33 bits per heavy atom. The smallest absolute Gasteiger partial charge is 0.310 e. The summed E-state index contributed by atoms with van der Waals surface area (Å²) in [6.07, 6.45) is 0.692. The van der Waals surface area contributed by atoms with E-state index in [1.807, 2.05) is 31.2 Å². The molecule has 1 aromatic rings. The Kier molecular flexibility index (Phi) is 5.07. The van der Waals surface area contributed by atoms with Gasteiger partial charge in [-0.05, 0) is 38.9 Å². The Labute approximate surface area is 125 Å². The molecule has 0 aliphatic carbocycles. The van der Waals surface area contributed by atoms with Crippen molar-refractivity contribution in [1.29, 1.82) is 0 Å². The molecule has 1 aliphatic rings. The molecule has 1 heterocycles. The number of carbonyl (C=O) groups is 1. The van der Waals surface area contributed by atoms with Gasteiger partial charge in [0.2, 0.25) is 0 Å². The molecule has 1 unspecified atom stereocenters. The number of hydrogen-bond acceptors (Lipinski definition) is 4. The van der Waals surface area contributed by atoms with Gasteiger partial charge < -0.3 is 14.6 Å². The van der Waals surface area contributed by atoms with Crippen LogP contribution in [0.2, 0.25) is 0 Å². The lowest BCUT2D eigenvalue weighted by Gasteiger charge is -2.20. The van der Waals surface area contributed by atoms with E-state index in [4.69, 9.17) is 9.47 Å². The molecule has 5 heteroatoms. The zero-order chi connectivity index (χ0) is 15.3. The van der Waals surface area contributed by atoms with E-state index < -0.39 is 11.4 Å². The van der Waals surface area contributed by atoms with Crippen molar-refractivity contribution in [2.75, 3.05) is 32.8 Å². The number of aliphatic carboxylic acids is 1. The molecule has 1 N–H and O–H groups in total. The highest BCUT2D eigenvalue weighted by Crippen LogP contribution is 2.30. The number of rotatable bonds is 7. The van der Waals surface area contributed by atoms with E-state index in [9.17, 15) is 9.90 Å².